The van der Waals surface area contributed by atoms with E-state index in [0.29, 0.717) is 16.8 Å². The number of anilines is 1. The first-order valence-corrected chi connectivity index (χ1v) is 6.57. The van der Waals surface area contributed by atoms with E-state index < -0.39 is 0 Å². The summed E-state index contributed by atoms with van der Waals surface area (Å²) in [5, 5.41) is 9.27. The van der Waals surface area contributed by atoms with Crippen molar-refractivity contribution in [1.29, 1.82) is 5.26 Å². The summed E-state index contributed by atoms with van der Waals surface area (Å²) in [6, 6.07) is 8.08. The maximum atomic E-state index is 12.9. The van der Waals surface area contributed by atoms with Gasteiger partial charge in [-0.15, -0.1) is 0 Å². The van der Waals surface area contributed by atoms with Crippen LogP contribution in [0.1, 0.15) is 11.1 Å². The first kappa shape index (κ1) is 14.9. The van der Waals surface area contributed by atoms with Crippen LogP contribution >= 0.6 is 12.2 Å². The number of halogens is 1. The highest BCUT2D eigenvalue weighted by molar-refractivity contribution is 7.71. The molecule has 1 aromatic carbocycles. The van der Waals surface area contributed by atoms with Crippen molar-refractivity contribution in [3.8, 4) is 6.07 Å². The Morgan fingerprint density at radius 1 is 1.29 bits per heavy atom. The van der Waals surface area contributed by atoms with Gasteiger partial charge >= 0.3 is 0 Å². The number of nitrogen functional groups attached to an aromatic ring is 1. The second-order valence-electron chi connectivity index (χ2n) is 4.54. The minimum Gasteiger partial charge on any atom is -0.384 e. The number of nitrogens with zero attached hydrogens (tertiary/aromatic N) is 4. The zero-order chi connectivity index (χ0) is 15.6. The average molecular weight is 303 g/mol. The van der Waals surface area contributed by atoms with Crippen molar-refractivity contribution in [3.63, 3.8) is 0 Å². The van der Waals surface area contributed by atoms with Gasteiger partial charge in [0.15, 0.2) is 10.3 Å². The molecule has 0 atom stereocenters. The fraction of sp³-hybridized carbons (Fsp3) is 0.214. The summed E-state index contributed by atoms with van der Waals surface area (Å²) >= 11 is 5.25. The number of nitriles is 1. The molecule has 0 saturated carbocycles. The molecule has 0 aliphatic heterocycles. The van der Waals surface area contributed by atoms with Crippen LogP contribution in [0.5, 0.6) is 0 Å². The SMILES string of the molecule is Cn1c(N)c(C#N)c(=NCc2ccc(F)cc2)n(C)c1=S. The first-order chi connectivity index (χ1) is 9.95. The molecule has 21 heavy (non-hydrogen) atoms. The molecular formula is C14H14FN5S. The minimum absolute atomic E-state index is 0.274. The van der Waals surface area contributed by atoms with Gasteiger partial charge in [0.25, 0.3) is 0 Å². The van der Waals surface area contributed by atoms with E-state index in [1.807, 2.05) is 0 Å². The van der Waals surface area contributed by atoms with Gasteiger partial charge in [0, 0.05) is 14.1 Å². The summed E-state index contributed by atoms with van der Waals surface area (Å²) < 4.78 is 16.5. The summed E-state index contributed by atoms with van der Waals surface area (Å²) in [5.74, 6) is -0.0238. The molecule has 0 amide bonds. The number of benzene rings is 1. The molecule has 0 radical (unpaired) electrons. The van der Waals surface area contributed by atoms with Crippen LogP contribution in [0.3, 0.4) is 0 Å². The van der Waals surface area contributed by atoms with E-state index in [1.165, 1.54) is 12.1 Å². The van der Waals surface area contributed by atoms with Crippen LogP contribution in [0.15, 0.2) is 29.3 Å². The molecule has 0 bridgehead atoms. The van der Waals surface area contributed by atoms with Crippen molar-refractivity contribution < 1.29 is 4.39 Å². The predicted octanol–water partition coefficient (Wildman–Crippen LogP) is 1.79. The van der Waals surface area contributed by atoms with E-state index in [-0.39, 0.29) is 17.2 Å². The molecular weight excluding hydrogens is 289 g/mol. The van der Waals surface area contributed by atoms with Crippen molar-refractivity contribution in [2.45, 2.75) is 6.54 Å². The molecule has 108 valence electrons. The lowest BCUT2D eigenvalue weighted by atomic mass is 10.2. The normalized spacial score (nSPS) is 11.4. The summed E-state index contributed by atoms with van der Waals surface area (Å²) in [4.78, 5) is 4.40. The van der Waals surface area contributed by atoms with Gasteiger partial charge in [-0.2, -0.15) is 5.26 Å². The summed E-state index contributed by atoms with van der Waals surface area (Å²) in [6.07, 6.45) is 0. The highest BCUT2D eigenvalue weighted by atomic mass is 32.1. The first-order valence-electron chi connectivity index (χ1n) is 6.16. The molecule has 2 rings (SSSR count). The van der Waals surface area contributed by atoms with Crippen molar-refractivity contribution in [2.75, 3.05) is 5.73 Å². The highest BCUT2D eigenvalue weighted by Gasteiger charge is 2.09. The van der Waals surface area contributed by atoms with E-state index in [2.05, 4.69) is 11.1 Å². The Morgan fingerprint density at radius 3 is 2.48 bits per heavy atom. The van der Waals surface area contributed by atoms with Crippen LogP contribution in [0.25, 0.3) is 0 Å². The van der Waals surface area contributed by atoms with Crippen LogP contribution in [-0.2, 0) is 20.6 Å². The third-order valence-electron chi connectivity index (χ3n) is 3.17. The molecule has 2 N–H and O–H groups in total. The molecule has 1 heterocycles. The lowest BCUT2D eigenvalue weighted by Crippen LogP contribution is -2.28. The van der Waals surface area contributed by atoms with E-state index in [1.54, 1.807) is 35.4 Å². The molecule has 1 aromatic heterocycles. The van der Waals surface area contributed by atoms with Crippen LogP contribution in [0, 0.1) is 21.9 Å². The van der Waals surface area contributed by atoms with Crippen molar-refractivity contribution in [2.24, 2.45) is 19.1 Å². The molecule has 2 aromatic rings. The van der Waals surface area contributed by atoms with Crippen molar-refractivity contribution in [3.05, 3.63) is 51.5 Å². The number of rotatable bonds is 2. The van der Waals surface area contributed by atoms with Gasteiger partial charge in [0.1, 0.15) is 23.3 Å². The van der Waals surface area contributed by atoms with Gasteiger partial charge in [-0.3, -0.25) is 4.99 Å². The van der Waals surface area contributed by atoms with Crippen LogP contribution < -0.4 is 11.2 Å². The van der Waals surface area contributed by atoms with Gasteiger partial charge in [-0.25, -0.2) is 4.39 Å². The Hall–Kier alpha value is -2.46. The van der Waals surface area contributed by atoms with Crippen LogP contribution in [-0.4, -0.2) is 9.13 Å². The third kappa shape index (κ3) is 2.85. The lowest BCUT2D eigenvalue weighted by molar-refractivity contribution is 0.627. The second kappa shape index (κ2) is 5.89. The lowest BCUT2D eigenvalue weighted by Gasteiger charge is -2.11. The molecule has 0 fully saturated rings. The van der Waals surface area contributed by atoms with Gasteiger partial charge in [0.05, 0.1) is 6.54 Å². The molecule has 0 spiro atoms. The van der Waals surface area contributed by atoms with E-state index in [4.69, 9.17) is 18.0 Å². The van der Waals surface area contributed by atoms with Crippen molar-refractivity contribution in [1.82, 2.24) is 9.13 Å². The number of hydrogen-bond acceptors (Lipinski definition) is 4. The topological polar surface area (TPSA) is 72.0 Å². The van der Waals surface area contributed by atoms with Crippen LogP contribution in [0.2, 0.25) is 0 Å². The van der Waals surface area contributed by atoms with Gasteiger partial charge < -0.3 is 14.9 Å². The number of nitrogens with two attached hydrogens (primary N) is 1. The van der Waals surface area contributed by atoms with Gasteiger partial charge in [0.2, 0.25) is 0 Å². The van der Waals surface area contributed by atoms with E-state index in [0.717, 1.165) is 5.56 Å². The smallest absolute Gasteiger partial charge is 0.182 e. The fourth-order valence-corrected chi connectivity index (χ4v) is 2.10. The molecule has 0 saturated heterocycles. The van der Waals surface area contributed by atoms with Crippen LogP contribution in [0.4, 0.5) is 10.2 Å². The Balaban J connectivity index is 2.58. The summed E-state index contributed by atoms with van der Waals surface area (Å²) in [6.45, 7) is 0.310. The van der Waals surface area contributed by atoms with Crippen molar-refractivity contribution >= 4 is 18.0 Å². The number of aromatic nitrogens is 2. The summed E-state index contributed by atoms with van der Waals surface area (Å²) in [7, 11) is 3.42. The standard InChI is InChI=1S/C14H14FN5S/c1-19-12(17)11(7-16)13(20(2)14(19)21)18-8-9-3-5-10(15)6-4-9/h3-6H,8,17H2,1-2H3. The molecule has 0 unspecified atom stereocenters. The molecule has 7 heteroatoms. The molecule has 5 nitrogen and oxygen atoms in total. The van der Waals surface area contributed by atoms with E-state index in [9.17, 15) is 9.65 Å². The zero-order valence-electron chi connectivity index (χ0n) is 11.7. The molecule has 0 aliphatic rings. The number of hydrogen-bond donors (Lipinski definition) is 1. The average Bonchev–Trinajstić information content (AvgIpc) is 2.49. The maximum Gasteiger partial charge on any atom is 0.182 e. The predicted molar refractivity (Wildman–Crippen MR) is 80.0 cm³/mol. The third-order valence-corrected chi connectivity index (χ3v) is 3.72. The summed E-state index contributed by atoms with van der Waals surface area (Å²) in [5.41, 5.74) is 7.43. The van der Waals surface area contributed by atoms with E-state index >= 15 is 0 Å². The second-order valence-corrected chi connectivity index (χ2v) is 4.90. The Kier molecular flexibility index (Phi) is 4.19. The van der Waals surface area contributed by atoms with Gasteiger partial charge in [-0.05, 0) is 29.9 Å². The zero-order valence-corrected chi connectivity index (χ0v) is 12.5. The fourth-order valence-electron chi connectivity index (χ4n) is 1.92. The quantitative estimate of drug-likeness (QED) is 0.860. The maximum absolute atomic E-state index is 12.9. The monoisotopic (exact) mass is 303 g/mol. The Bertz CT molecular complexity index is 840. The Labute approximate surface area is 126 Å². The Morgan fingerprint density at radius 2 is 1.90 bits per heavy atom. The molecule has 0 aliphatic carbocycles. The van der Waals surface area contributed by atoms with Gasteiger partial charge in [-0.1, -0.05) is 12.1 Å². The highest BCUT2D eigenvalue weighted by Crippen LogP contribution is 2.07. The minimum atomic E-state index is -0.300. The largest absolute Gasteiger partial charge is 0.384 e.